The Balaban J connectivity index is 1.90. The molecule has 0 saturated carbocycles. The molecule has 0 spiro atoms. The van der Waals surface area contributed by atoms with Gasteiger partial charge in [0.1, 0.15) is 0 Å². The first kappa shape index (κ1) is 12.6. The summed E-state index contributed by atoms with van der Waals surface area (Å²) in [5, 5.41) is 4.21. The van der Waals surface area contributed by atoms with Crippen LogP contribution in [0, 0.1) is 0 Å². The van der Waals surface area contributed by atoms with E-state index < -0.39 is 0 Å². The van der Waals surface area contributed by atoms with Crippen molar-refractivity contribution in [1.82, 2.24) is 14.7 Å². The Bertz CT molecular complexity index is 345. The molecule has 2 atom stereocenters. The molecule has 1 aromatic heterocycles. The lowest BCUT2D eigenvalue weighted by atomic mass is 9.96. The zero-order chi connectivity index (χ0) is 12.3. The Kier molecular flexibility index (Phi) is 4.18. The van der Waals surface area contributed by atoms with Crippen molar-refractivity contribution in [1.29, 1.82) is 0 Å². The Morgan fingerprint density at radius 2 is 2.35 bits per heavy atom. The fourth-order valence-electron chi connectivity index (χ4n) is 2.79. The van der Waals surface area contributed by atoms with E-state index in [1.165, 1.54) is 31.5 Å². The molecule has 1 aliphatic heterocycles. The fourth-order valence-corrected chi connectivity index (χ4v) is 2.79. The molecule has 2 heterocycles. The van der Waals surface area contributed by atoms with Crippen molar-refractivity contribution in [2.45, 2.75) is 44.7 Å². The summed E-state index contributed by atoms with van der Waals surface area (Å²) < 4.78 is 1.96. The molecule has 1 fully saturated rings. The van der Waals surface area contributed by atoms with E-state index in [0.717, 1.165) is 13.0 Å². The minimum atomic E-state index is 0.279. The highest BCUT2D eigenvalue weighted by molar-refractivity contribution is 5.01. The monoisotopic (exact) mass is 236 g/mol. The highest BCUT2D eigenvalue weighted by atomic mass is 15.3. The second-order valence-corrected chi connectivity index (χ2v) is 5.15. The number of likely N-dealkylation sites (tertiary alicyclic amines) is 1. The summed E-state index contributed by atoms with van der Waals surface area (Å²) in [7, 11) is 2.01. The molecule has 1 aliphatic rings. The zero-order valence-electron chi connectivity index (χ0n) is 11.0. The van der Waals surface area contributed by atoms with Gasteiger partial charge >= 0.3 is 0 Å². The van der Waals surface area contributed by atoms with Crippen LogP contribution in [-0.2, 0) is 13.5 Å². The molecule has 1 saturated heterocycles. The van der Waals surface area contributed by atoms with Gasteiger partial charge in [-0.1, -0.05) is 6.42 Å². The summed E-state index contributed by atoms with van der Waals surface area (Å²) in [4.78, 5) is 2.56. The van der Waals surface area contributed by atoms with Gasteiger partial charge in [0, 0.05) is 44.0 Å². The largest absolute Gasteiger partial charge is 0.327 e. The topological polar surface area (TPSA) is 47.1 Å². The molecular weight excluding hydrogens is 212 g/mol. The van der Waals surface area contributed by atoms with Crippen molar-refractivity contribution in [3.05, 3.63) is 18.0 Å². The number of piperidine rings is 1. The Hall–Kier alpha value is -0.870. The van der Waals surface area contributed by atoms with Crippen LogP contribution in [0.4, 0.5) is 0 Å². The molecule has 96 valence electrons. The molecule has 0 aromatic carbocycles. The van der Waals surface area contributed by atoms with E-state index in [2.05, 4.69) is 23.0 Å². The number of nitrogens with zero attached hydrogens (tertiary/aromatic N) is 3. The standard InChI is InChI=1S/C13H24N4/c1-11(14)13-5-3-4-9-17(13)10-7-12-6-8-15-16(12)2/h6,8,11,13H,3-5,7,9-10,14H2,1-2H3. The van der Waals surface area contributed by atoms with Crippen LogP contribution in [-0.4, -0.2) is 39.9 Å². The third-order valence-corrected chi connectivity index (χ3v) is 3.85. The first-order chi connectivity index (χ1) is 8.18. The highest BCUT2D eigenvalue weighted by Gasteiger charge is 2.24. The van der Waals surface area contributed by atoms with Gasteiger partial charge in [-0.15, -0.1) is 0 Å². The van der Waals surface area contributed by atoms with Gasteiger partial charge in [-0.25, -0.2) is 0 Å². The lowest BCUT2D eigenvalue weighted by Crippen LogP contribution is -2.49. The number of aryl methyl sites for hydroxylation is 1. The summed E-state index contributed by atoms with van der Waals surface area (Å²) >= 11 is 0. The first-order valence-electron chi connectivity index (χ1n) is 6.65. The van der Waals surface area contributed by atoms with Crippen molar-refractivity contribution in [2.75, 3.05) is 13.1 Å². The lowest BCUT2D eigenvalue weighted by molar-refractivity contribution is 0.131. The summed E-state index contributed by atoms with van der Waals surface area (Å²) in [5.74, 6) is 0. The van der Waals surface area contributed by atoms with Crippen molar-refractivity contribution >= 4 is 0 Å². The van der Waals surface area contributed by atoms with Crippen LogP contribution < -0.4 is 5.73 Å². The number of nitrogens with two attached hydrogens (primary N) is 1. The van der Waals surface area contributed by atoms with E-state index in [-0.39, 0.29) is 6.04 Å². The van der Waals surface area contributed by atoms with Crippen LogP contribution in [0.15, 0.2) is 12.3 Å². The minimum Gasteiger partial charge on any atom is -0.327 e. The van der Waals surface area contributed by atoms with Gasteiger partial charge in [-0.05, 0) is 32.4 Å². The van der Waals surface area contributed by atoms with Gasteiger partial charge in [0.15, 0.2) is 0 Å². The summed E-state index contributed by atoms with van der Waals surface area (Å²) in [6.07, 6.45) is 6.83. The molecule has 2 unspecified atom stereocenters. The summed E-state index contributed by atoms with van der Waals surface area (Å²) in [6.45, 7) is 4.43. The Labute approximate surface area is 104 Å². The van der Waals surface area contributed by atoms with Gasteiger partial charge in [-0.2, -0.15) is 5.10 Å². The summed E-state index contributed by atoms with van der Waals surface area (Å²) in [6, 6.07) is 2.95. The Morgan fingerprint density at radius 3 is 3.00 bits per heavy atom. The zero-order valence-corrected chi connectivity index (χ0v) is 11.0. The van der Waals surface area contributed by atoms with Crippen LogP contribution >= 0.6 is 0 Å². The molecule has 0 radical (unpaired) electrons. The van der Waals surface area contributed by atoms with E-state index >= 15 is 0 Å². The smallest absolute Gasteiger partial charge is 0.0492 e. The fraction of sp³-hybridized carbons (Fsp3) is 0.769. The van der Waals surface area contributed by atoms with Crippen molar-refractivity contribution in [3.8, 4) is 0 Å². The van der Waals surface area contributed by atoms with Gasteiger partial charge in [0.25, 0.3) is 0 Å². The first-order valence-corrected chi connectivity index (χ1v) is 6.65. The average Bonchev–Trinajstić information content (AvgIpc) is 2.72. The van der Waals surface area contributed by atoms with Crippen LogP contribution in [0.1, 0.15) is 31.9 Å². The van der Waals surface area contributed by atoms with E-state index in [0.29, 0.717) is 6.04 Å². The van der Waals surface area contributed by atoms with Crippen molar-refractivity contribution in [3.63, 3.8) is 0 Å². The maximum Gasteiger partial charge on any atom is 0.0492 e. The van der Waals surface area contributed by atoms with Gasteiger partial charge in [-0.3, -0.25) is 9.58 Å². The highest BCUT2D eigenvalue weighted by Crippen LogP contribution is 2.19. The molecule has 0 aliphatic carbocycles. The molecule has 2 rings (SSSR count). The van der Waals surface area contributed by atoms with E-state index in [1.807, 2.05) is 17.9 Å². The van der Waals surface area contributed by atoms with Gasteiger partial charge in [0.05, 0.1) is 0 Å². The third-order valence-electron chi connectivity index (χ3n) is 3.85. The minimum absolute atomic E-state index is 0.279. The molecule has 4 heteroatoms. The second-order valence-electron chi connectivity index (χ2n) is 5.15. The molecule has 17 heavy (non-hydrogen) atoms. The van der Waals surface area contributed by atoms with E-state index in [4.69, 9.17) is 5.73 Å². The molecule has 4 nitrogen and oxygen atoms in total. The van der Waals surface area contributed by atoms with Crippen molar-refractivity contribution < 1.29 is 0 Å². The Morgan fingerprint density at radius 1 is 1.53 bits per heavy atom. The third kappa shape index (κ3) is 3.07. The maximum atomic E-state index is 6.08. The van der Waals surface area contributed by atoms with Crippen LogP contribution in [0.2, 0.25) is 0 Å². The lowest BCUT2D eigenvalue weighted by Gasteiger charge is -2.38. The van der Waals surface area contributed by atoms with Gasteiger partial charge in [0.2, 0.25) is 0 Å². The van der Waals surface area contributed by atoms with Crippen LogP contribution in [0.25, 0.3) is 0 Å². The predicted molar refractivity (Wildman–Crippen MR) is 69.8 cm³/mol. The molecule has 1 aromatic rings. The second kappa shape index (κ2) is 5.65. The number of hydrogen-bond donors (Lipinski definition) is 1. The maximum absolute atomic E-state index is 6.08. The molecule has 0 amide bonds. The SMILES string of the molecule is CC(N)C1CCCCN1CCc1ccnn1C. The normalized spacial score (nSPS) is 23.8. The molecular formula is C13H24N4. The number of rotatable bonds is 4. The quantitative estimate of drug-likeness (QED) is 0.853. The molecule has 2 N–H and O–H groups in total. The van der Waals surface area contributed by atoms with Crippen LogP contribution in [0.3, 0.4) is 0 Å². The predicted octanol–water partition coefficient (Wildman–Crippen LogP) is 1.16. The van der Waals surface area contributed by atoms with E-state index in [1.54, 1.807) is 0 Å². The van der Waals surface area contributed by atoms with Crippen LogP contribution in [0.5, 0.6) is 0 Å². The number of hydrogen-bond acceptors (Lipinski definition) is 3. The number of aromatic nitrogens is 2. The average molecular weight is 236 g/mol. The van der Waals surface area contributed by atoms with E-state index in [9.17, 15) is 0 Å². The van der Waals surface area contributed by atoms with Crippen molar-refractivity contribution in [2.24, 2.45) is 12.8 Å². The summed E-state index contributed by atoms with van der Waals surface area (Å²) in [5.41, 5.74) is 7.38. The van der Waals surface area contributed by atoms with Gasteiger partial charge < -0.3 is 5.73 Å². The molecule has 0 bridgehead atoms.